The molecule has 0 amide bonds. The van der Waals surface area contributed by atoms with Crippen LogP contribution in [0.3, 0.4) is 0 Å². The van der Waals surface area contributed by atoms with Crippen molar-refractivity contribution in [1.82, 2.24) is 5.06 Å². The number of piperidine rings is 1. The van der Waals surface area contributed by atoms with Crippen molar-refractivity contribution in [3.05, 3.63) is 29.8 Å². The molecule has 10 nitrogen and oxygen atoms in total. The summed E-state index contributed by atoms with van der Waals surface area (Å²) < 4.78 is 5.26. The molecule has 6 N–H and O–H groups in total. The Hall–Kier alpha value is -2.08. The predicted molar refractivity (Wildman–Crippen MR) is 116 cm³/mol. The lowest BCUT2D eigenvalue weighted by molar-refractivity contribution is -0.286. The maximum atomic E-state index is 13.0. The number of carbonyl (C=O) groups is 2. The van der Waals surface area contributed by atoms with Crippen molar-refractivity contribution in [2.45, 2.75) is 63.4 Å². The molecule has 1 heterocycles. The number of phenols is 1. The summed E-state index contributed by atoms with van der Waals surface area (Å²) in [6.45, 7) is 2.11. The number of hydroxylamine groups is 2. The number of benzene rings is 1. The fraction of sp³-hybridized carbons (Fsp3) is 0.652. The molecule has 0 aromatic heterocycles. The summed E-state index contributed by atoms with van der Waals surface area (Å²) in [6, 6.07) is 4.88. The lowest BCUT2D eigenvalue weighted by Crippen LogP contribution is -2.71. The Morgan fingerprint density at radius 1 is 1.24 bits per heavy atom. The number of esters is 1. The molecule has 2 rings (SSSR count). The maximum Gasteiger partial charge on any atom is 0.311 e. The van der Waals surface area contributed by atoms with Gasteiger partial charge in [0.15, 0.2) is 0 Å². The fourth-order valence-electron chi connectivity index (χ4n) is 4.02. The van der Waals surface area contributed by atoms with Gasteiger partial charge in [0, 0.05) is 12.3 Å². The summed E-state index contributed by atoms with van der Waals surface area (Å²) in [5.41, 5.74) is -1.58. The van der Waals surface area contributed by atoms with Crippen molar-refractivity contribution < 1.29 is 45.1 Å². The van der Waals surface area contributed by atoms with E-state index in [9.17, 15) is 40.3 Å². The second kappa shape index (κ2) is 11.9. The Bertz CT molecular complexity index is 787. The van der Waals surface area contributed by atoms with Crippen LogP contribution in [0.2, 0.25) is 0 Å². The molecular formula is C23H35NO9. The quantitative estimate of drug-likeness (QED) is 0.192. The van der Waals surface area contributed by atoms with Crippen molar-refractivity contribution in [3.8, 4) is 5.75 Å². The van der Waals surface area contributed by atoms with E-state index in [1.807, 2.05) is 6.92 Å². The van der Waals surface area contributed by atoms with Gasteiger partial charge in [-0.2, -0.15) is 5.06 Å². The number of ketones is 1. The first-order valence-corrected chi connectivity index (χ1v) is 11.2. The van der Waals surface area contributed by atoms with Gasteiger partial charge in [0.2, 0.25) is 0 Å². The first-order chi connectivity index (χ1) is 15.5. The van der Waals surface area contributed by atoms with Gasteiger partial charge in [-0.25, -0.2) is 0 Å². The van der Waals surface area contributed by atoms with E-state index in [-0.39, 0.29) is 24.6 Å². The van der Waals surface area contributed by atoms with Crippen LogP contribution in [-0.4, -0.2) is 91.2 Å². The highest BCUT2D eigenvalue weighted by molar-refractivity contribution is 5.86. The number of unbranched alkanes of at least 4 members (excludes halogenated alkanes) is 1. The number of aliphatic hydroxyl groups is 4. The molecule has 1 fully saturated rings. The van der Waals surface area contributed by atoms with Crippen molar-refractivity contribution >= 4 is 11.8 Å². The molecule has 186 valence electrons. The zero-order chi connectivity index (χ0) is 24.8. The smallest absolute Gasteiger partial charge is 0.311 e. The molecule has 0 bridgehead atoms. The first-order valence-electron chi connectivity index (χ1n) is 11.2. The zero-order valence-electron chi connectivity index (χ0n) is 19.0. The van der Waals surface area contributed by atoms with Crippen molar-refractivity contribution in [2.24, 2.45) is 11.8 Å². The molecule has 6 atom stereocenters. The molecular weight excluding hydrogens is 434 g/mol. The van der Waals surface area contributed by atoms with E-state index in [0.717, 1.165) is 12.0 Å². The van der Waals surface area contributed by atoms with Crippen LogP contribution < -0.4 is 0 Å². The van der Waals surface area contributed by atoms with E-state index in [2.05, 4.69) is 0 Å². The molecule has 0 unspecified atom stereocenters. The van der Waals surface area contributed by atoms with E-state index < -0.39 is 54.8 Å². The van der Waals surface area contributed by atoms with Gasteiger partial charge in [0.1, 0.15) is 29.3 Å². The molecule has 0 saturated carbocycles. The summed E-state index contributed by atoms with van der Waals surface area (Å²) in [5, 5.41) is 61.3. The van der Waals surface area contributed by atoms with Crippen molar-refractivity contribution in [3.63, 3.8) is 0 Å². The summed E-state index contributed by atoms with van der Waals surface area (Å²) in [5.74, 6) is -2.94. The summed E-state index contributed by atoms with van der Waals surface area (Å²) >= 11 is 0. The van der Waals surface area contributed by atoms with E-state index in [4.69, 9.17) is 4.74 Å². The minimum atomic E-state index is -2.38. The van der Waals surface area contributed by atoms with Crippen LogP contribution in [0.25, 0.3) is 0 Å². The third kappa shape index (κ3) is 6.50. The Labute approximate surface area is 193 Å². The van der Waals surface area contributed by atoms with Crippen LogP contribution in [0, 0.1) is 11.8 Å². The van der Waals surface area contributed by atoms with E-state index in [1.54, 1.807) is 19.1 Å². The van der Waals surface area contributed by atoms with Crippen LogP contribution in [-0.2, 0) is 20.7 Å². The molecule has 1 aliphatic heterocycles. The normalized spacial score (nSPS) is 27.7. The standard InChI is InChI=1S/C23H35NO9/c1-3-4-9-33-22(30)17(20-21(29)23(31,13-25)19(28)12-24(20)32)11-18(27)14(2)10-15-5-7-16(26)8-6-15/h5-8,14,17,19-21,25-26,28-29,31-32H,3-4,9-13H2,1-2H3/t14-,17-,19+,20-,21+,23+/m0/s1. The molecule has 0 spiro atoms. The number of hydrogen-bond donors (Lipinski definition) is 6. The van der Waals surface area contributed by atoms with Gasteiger partial charge in [0.25, 0.3) is 0 Å². The Kier molecular flexibility index (Phi) is 9.77. The molecule has 1 aromatic rings. The highest BCUT2D eigenvalue weighted by Crippen LogP contribution is 2.33. The van der Waals surface area contributed by atoms with Crippen LogP contribution >= 0.6 is 0 Å². The molecule has 10 heteroatoms. The Morgan fingerprint density at radius 2 is 1.88 bits per heavy atom. The Morgan fingerprint density at radius 3 is 2.45 bits per heavy atom. The average molecular weight is 470 g/mol. The average Bonchev–Trinajstić information content (AvgIpc) is 2.78. The molecule has 0 aliphatic carbocycles. The number of rotatable bonds is 11. The number of aromatic hydroxyl groups is 1. The number of Topliss-reactive ketones (excluding diaryl/α,β-unsaturated/α-hetero) is 1. The third-order valence-corrected chi connectivity index (χ3v) is 6.28. The largest absolute Gasteiger partial charge is 0.508 e. The summed E-state index contributed by atoms with van der Waals surface area (Å²) in [4.78, 5) is 25.9. The van der Waals surface area contributed by atoms with Gasteiger partial charge in [-0.3, -0.25) is 9.59 Å². The minimum Gasteiger partial charge on any atom is -0.508 e. The highest BCUT2D eigenvalue weighted by atomic mass is 16.5. The SMILES string of the molecule is CCCCOC(=O)[C@@H](CC(=O)[C@@H](C)Cc1ccc(O)cc1)[C@H]1[C@@H](O)[C@@](O)(CO)[C@H](O)CN1O. The van der Waals surface area contributed by atoms with Crippen LogP contribution in [0.1, 0.15) is 38.7 Å². The fourth-order valence-corrected chi connectivity index (χ4v) is 4.02. The van der Waals surface area contributed by atoms with Crippen LogP contribution in [0.5, 0.6) is 5.75 Å². The lowest BCUT2D eigenvalue weighted by Gasteiger charge is -2.49. The number of nitrogens with zero attached hydrogens (tertiary/aromatic N) is 1. The molecule has 0 radical (unpaired) electrons. The molecule has 1 aromatic carbocycles. The second-order valence-electron chi connectivity index (χ2n) is 8.79. The molecule has 33 heavy (non-hydrogen) atoms. The lowest BCUT2D eigenvalue weighted by atomic mass is 9.75. The minimum absolute atomic E-state index is 0.0875. The van der Waals surface area contributed by atoms with Gasteiger partial charge in [-0.1, -0.05) is 32.4 Å². The van der Waals surface area contributed by atoms with Gasteiger partial charge in [-0.15, -0.1) is 0 Å². The predicted octanol–water partition coefficient (Wildman–Crippen LogP) is 0.00810. The van der Waals surface area contributed by atoms with Crippen molar-refractivity contribution in [2.75, 3.05) is 19.8 Å². The summed E-state index contributed by atoms with van der Waals surface area (Å²) in [7, 11) is 0. The van der Waals surface area contributed by atoms with Crippen molar-refractivity contribution in [1.29, 1.82) is 0 Å². The van der Waals surface area contributed by atoms with Crippen LogP contribution in [0.4, 0.5) is 0 Å². The topological polar surface area (TPSA) is 168 Å². The zero-order valence-corrected chi connectivity index (χ0v) is 19.0. The van der Waals surface area contributed by atoms with E-state index in [1.165, 1.54) is 12.1 Å². The number of aliphatic hydroxyl groups excluding tert-OH is 3. The third-order valence-electron chi connectivity index (χ3n) is 6.28. The van der Waals surface area contributed by atoms with Gasteiger partial charge in [0.05, 0.1) is 31.7 Å². The second-order valence-corrected chi connectivity index (χ2v) is 8.79. The Balaban J connectivity index is 2.24. The van der Waals surface area contributed by atoms with Crippen LogP contribution in [0.15, 0.2) is 24.3 Å². The van der Waals surface area contributed by atoms with Gasteiger partial charge >= 0.3 is 5.97 Å². The number of β-amino-alcohol motifs (C(OH)–C–C–N with tert-alkyl or cyclic N) is 1. The van der Waals surface area contributed by atoms with E-state index >= 15 is 0 Å². The van der Waals surface area contributed by atoms with Gasteiger partial charge in [-0.05, 0) is 30.5 Å². The van der Waals surface area contributed by atoms with Gasteiger partial charge < -0.3 is 35.5 Å². The molecule has 1 saturated heterocycles. The number of ether oxygens (including phenoxy) is 1. The monoisotopic (exact) mass is 469 g/mol. The number of carbonyl (C=O) groups excluding carboxylic acids is 2. The first kappa shape index (κ1) is 27.2. The number of phenolic OH excluding ortho intramolecular Hbond substituents is 1. The molecule has 1 aliphatic rings. The highest BCUT2D eigenvalue weighted by Gasteiger charge is 2.56. The summed E-state index contributed by atoms with van der Waals surface area (Å²) in [6.07, 6.45) is -2.32. The number of hydrogen-bond acceptors (Lipinski definition) is 10. The van der Waals surface area contributed by atoms with E-state index in [0.29, 0.717) is 17.9 Å². The maximum absolute atomic E-state index is 13.0.